The first-order chi connectivity index (χ1) is 7.52. The normalized spacial score (nSPS) is 16.2. The van der Waals surface area contributed by atoms with E-state index in [0.29, 0.717) is 0 Å². The lowest BCUT2D eigenvalue weighted by molar-refractivity contribution is -0.122. The van der Waals surface area contributed by atoms with Crippen molar-refractivity contribution in [3.8, 4) is 0 Å². The third-order valence-electron chi connectivity index (χ3n) is 2.86. The van der Waals surface area contributed by atoms with E-state index < -0.39 is 6.04 Å². The third kappa shape index (κ3) is 3.35. The molecular weight excluding hydrogens is 200 g/mol. The van der Waals surface area contributed by atoms with Crippen LogP contribution in [0.5, 0.6) is 0 Å². The van der Waals surface area contributed by atoms with Crippen LogP contribution in [-0.2, 0) is 4.79 Å². The lowest BCUT2D eigenvalue weighted by atomic mass is 9.94. The van der Waals surface area contributed by atoms with Crippen LogP contribution in [0.4, 0.5) is 0 Å². The van der Waals surface area contributed by atoms with E-state index in [-0.39, 0.29) is 17.9 Å². The minimum Gasteiger partial charge on any atom is -0.352 e. The maximum absolute atomic E-state index is 11.5. The van der Waals surface area contributed by atoms with Gasteiger partial charge in [-0.1, -0.05) is 37.3 Å². The molecule has 0 fully saturated rings. The highest BCUT2D eigenvalue weighted by atomic mass is 16.2. The van der Waals surface area contributed by atoms with Crippen LogP contribution in [0.3, 0.4) is 0 Å². The van der Waals surface area contributed by atoms with Gasteiger partial charge in [0, 0.05) is 12.0 Å². The van der Waals surface area contributed by atoms with Crippen LogP contribution >= 0.6 is 0 Å². The van der Waals surface area contributed by atoms with Gasteiger partial charge in [-0.3, -0.25) is 4.79 Å². The second kappa shape index (κ2) is 5.66. The summed E-state index contributed by atoms with van der Waals surface area (Å²) < 4.78 is 0. The minimum absolute atomic E-state index is 0.0842. The van der Waals surface area contributed by atoms with E-state index in [4.69, 9.17) is 5.73 Å². The summed E-state index contributed by atoms with van der Waals surface area (Å²) in [6.45, 7) is 5.79. The second-order valence-corrected chi connectivity index (χ2v) is 4.29. The summed E-state index contributed by atoms with van der Waals surface area (Å²) in [6, 6.07) is 9.77. The van der Waals surface area contributed by atoms with E-state index in [1.165, 1.54) is 5.56 Å². The first-order valence-electron chi connectivity index (χ1n) is 5.63. The molecule has 0 heterocycles. The molecule has 0 spiro atoms. The van der Waals surface area contributed by atoms with Crippen molar-refractivity contribution in [1.29, 1.82) is 0 Å². The first kappa shape index (κ1) is 12.7. The number of hydrogen-bond acceptors (Lipinski definition) is 2. The van der Waals surface area contributed by atoms with Crippen LogP contribution in [-0.4, -0.2) is 18.0 Å². The SMILES string of the molecule is CC(NC(=O)[C@@H](C)N)C(C)c1ccccc1. The standard InChI is InChI=1S/C13H20N2O/c1-9(12-7-5-4-6-8-12)11(3)15-13(16)10(2)14/h4-11H,14H2,1-3H3,(H,15,16)/t9?,10-,11?/m1/s1. The Morgan fingerprint density at radius 3 is 2.25 bits per heavy atom. The Bertz CT molecular complexity index is 335. The van der Waals surface area contributed by atoms with Crippen molar-refractivity contribution < 1.29 is 4.79 Å². The van der Waals surface area contributed by atoms with Crippen LogP contribution in [0.2, 0.25) is 0 Å². The Balaban J connectivity index is 2.61. The molecule has 3 N–H and O–H groups in total. The number of nitrogens with one attached hydrogen (secondary N) is 1. The fraction of sp³-hybridized carbons (Fsp3) is 0.462. The van der Waals surface area contributed by atoms with E-state index >= 15 is 0 Å². The van der Waals surface area contributed by atoms with Gasteiger partial charge in [-0.15, -0.1) is 0 Å². The molecule has 16 heavy (non-hydrogen) atoms. The highest BCUT2D eigenvalue weighted by Gasteiger charge is 2.17. The summed E-state index contributed by atoms with van der Waals surface area (Å²) in [5, 5.41) is 2.91. The Labute approximate surface area is 97.0 Å². The zero-order valence-electron chi connectivity index (χ0n) is 10.1. The van der Waals surface area contributed by atoms with Crippen molar-refractivity contribution in [1.82, 2.24) is 5.32 Å². The molecule has 2 unspecified atom stereocenters. The molecule has 3 heteroatoms. The smallest absolute Gasteiger partial charge is 0.236 e. The topological polar surface area (TPSA) is 55.1 Å². The molecule has 0 aromatic heterocycles. The van der Waals surface area contributed by atoms with Crippen molar-refractivity contribution in [3.63, 3.8) is 0 Å². The lowest BCUT2D eigenvalue weighted by Gasteiger charge is -2.22. The Morgan fingerprint density at radius 1 is 1.19 bits per heavy atom. The van der Waals surface area contributed by atoms with E-state index in [0.717, 1.165) is 0 Å². The quantitative estimate of drug-likeness (QED) is 0.810. The van der Waals surface area contributed by atoms with E-state index in [1.807, 2.05) is 25.1 Å². The maximum Gasteiger partial charge on any atom is 0.236 e. The Kier molecular flexibility index (Phi) is 4.50. The zero-order chi connectivity index (χ0) is 12.1. The van der Waals surface area contributed by atoms with Gasteiger partial charge in [0.1, 0.15) is 0 Å². The molecule has 1 rings (SSSR count). The van der Waals surface area contributed by atoms with Gasteiger partial charge in [-0.2, -0.15) is 0 Å². The largest absolute Gasteiger partial charge is 0.352 e. The second-order valence-electron chi connectivity index (χ2n) is 4.29. The average Bonchev–Trinajstić information content (AvgIpc) is 2.28. The highest BCUT2D eigenvalue weighted by Crippen LogP contribution is 2.18. The number of carbonyl (C=O) groups excluding carboxylic acids is 1. The van der Waals surface area contributed by atoms with Crippen LogP contribution in [0.1, 0.15) is 32.3 Å². The fourth-order valence-electron chi connectivity index (χ4n) is 1.53. The van der Waals surface area contributed by atoms with Gasteiger partial charge in [0.05, 0.1) is 6.04 Å². The predicted octanol–water partition coefficient (Wildman–Crippen LogP) is 1.64. The molecule has 1 amide bonds. The number of amides is 1. The molecule has 1 aromatic rings. The minimum atomic E-state index is -0.453. The van der Waals surface area contributed by atoms with Gasteiger partial charge in [-0.05, 0) is 19.4 Å². The van der Waals surface area contributed by atoms with Crippen LogP contribution in [0.15, 0.2) is 30.3 Å². The molecule has 3 nitrogen and oxygen atoms in total. The molecular formula is C13H20N2O. The molecule has 0 bridgehead atoms. The Morgan fingerprint density at radius 2 is 1.75 bits per heavy atom. The zero-order valence-corrected chi connectivity index (χ0v) is 10.1. The van der Waals surface area contributed by atoms with Crippen molar-refractivity contribution >= 4 is 5.91 Å². The first-order valence-corrected chi connectivity index (χ1v) is 5.63. The molecule has 0 aliphatic heterocycles. The molecule has 3 atom stereocenters. The van der Waals surface area contributed by atoms with Crippen LogP contribution in [0.25, 0.3) is 0 Å². The van der Waals surface area contributed by atoms with E-state index in [1.54, 1.807) is 6.92 Å². The monoisotopic (exact) mass is 220 g/mol. The summed E-state index contributed by atoms with van der Waals surface area (Å²) >= 11 is 0. The van der Waals surface area contributed by atoms with Crippen molar-refractivity contribution in [3.05, 3.63) is 35.9 Å². The number of hydrogen-bond donors (Lipinski definition) is 2. The molecule has 0 saturated heterocycles. The van der Waals surface area contributed by atoms with Gasteiger partial charge >= 0.3 is 0 Å². The number of nitrogens with two attached hydrogens (primary N) is 1. The summed E-state index contributed by atoms with van der Waals surface area (Å²) in [5.74, 6) is 0.180. The van der Waals surface area contributed by atoms with Crippen molar-refractivity contribution in [2.24, 2.45) is 5.73 Å². The summed E-state index contributed by atoms with van der Waals surface area (Å²) in [7, 11) is 0. The average molecular weight is 220 g/mol. The van der Waals surface area contributed by atoms with Gasteiger partial charge in [0.15, 0.2) is 0 Å². The van der Waals surface area contributed by atoms with Gasteiger partial charge in [-0.25, -0.2) is 0 Å². The number of carbonyl (C=O) groups is 1. The number of benzene rings is 1. The lowest BCUT2D eigenvalue weighted by Crippen LogP contribution is -2.44. The predicted molar refractivity (Wildman–Crippen MR) is 66.1 cm³/mol. The molecule has 0 aliphatic rings. The van der Waals surface area contributed by atoms with Gasteiger partial charge < -0.3 is 11.1 Å². The fourth-order valence-corrected chi connectivity index (χ4v) is 1.53. The van der Waals surface area contributed by atoms with Crippen molar-refractivity contribution in [2.45, 2.75) is 38.8 Å². The van der Waals surface area contributed by atoms with E-state index in [9.17, 15) is 4.79 Å². The molecule has 0 aliphatic carbocycles. The summed E-state index contributed by atoms with van der Waals surface area (Å²) in [4.78, 5) is 11.5. The maximum atomic E-state index is 11.5. The molecule has 1 aromatic carbocycles. The molecule has 0 radical (unpaired) electrons. The van der Waals surface area contributed by atoms with Gasteiger partial charge in [0.25, 0.3) is 0 Å². The summed E-state index contributed by atoms with van der Waals surface area (Å²) in [6.07, 6.45) is 0. The highest BCUT2D eigenvalue weighted by molar-refractivity contribution is 5.81. The van der Waals surface area contributed by atoms with Crippen LogP contribution < -0.4 is 11.1 Å². The summed E-state index contributed by atoms with van der Waals surface area (Å²) in [5.41, 5.74) is 6.73. The van der Waals surface area contributed by atoms with Gasteiger partial charge in [0.2, 0.25) is 5.91 Å². The number of rotatable bonds is 4. The third-order valence-corrected chi connectivity index (χ3v) is 2.86. The Hall–Kier alpha value is -1.35. The molecule has 88 valence electrons. The van der Waals surface area contributed by atoms with Crippen molar-refractivity contribution in [2.75, 3.05) is 0 Å². The van der Waals surface area contributed by atoms with Crippen LogP contribution in [0, 0.1) is 0 Å². The molecule has 0 saturated carbocycles. The van der Waals surface area contributed by atoms with E-state index in [2.05, 4.69) is 24.4 Å².